The summed E-state index contributed by atoms with van der Waals surface area (Å²) >= 11 is 3.84. The Bertz CT molecular complexity index is 201. The van der Waals surface area contributed by atoms with Gasteiger partial charge in [-0.15, -0.1) is 11.3 Å². The third-order valence-corrected chi connectivity index (χ3v) is 8.28. The minimum atomic E-state index is -0.486. The van der Waals surface area contributed by atoms with E-state index < -0.39 is 10.0 Å². The predicted octanol–water partition coefficient (Wildman–Crippen LogP) is 3.49. The van der Waals surface area contributed by atoms with Gasteiger partial charge in [-0.05, 0) is 30.2 Å². The summed E-state index contributed by atoms with van der Waals surface area (Å²) in [6, 6.07) is 4.41. The molecule has 1 aromatic heterocycles. The molecule has 0 spiro atoms. The third kappa shape index (κ3) is 2.42. The minimum Gasteiger partial charge on any atom is -0.202 e. The van der Waals surface area contributed by atoms with E-state index in [0.29, 0.717) is 0 Å². The maximum Gasteiger partial charge on any atom is 0.0431 e. The van der Waals surface area contributed by atoms with Crippen LogP contribution in [0.4, 0.5) is 0 Å². The Hall–Kier alpha value is 0.400. The fraction of sp³-hybridized carbons (Fsp3) is 0.500. The van der Waals surface area contributed by atoms with E-state index >= 15 is 0 Å². The van der Waals surface area contributed by atoms with Crippen LogP contribution in [0.5, 0.6) is 0 Å². The summed E-state index contributed by atoms with van der Waals surface area (Å²) in [5, 5.41) is 3.46. The van der Waals surface area contributed by atoms with E-state index in [1.165, 1.54) is 5.08 Å². The number of hydrogen-bond acceptors (Lipinski definition) is 2. The van der Waals surface area contributed by atoms with Crippen LogP contribution in [0.2, 0.25) is 0 Å². The Labute approximate surface area is 78.7 Å². The summed E-state index contributed by atoms with van der Waals surface area (Å²) in [6.45, 7) is 0. The summed E-state index contributed by atoms with van der Waals surface area (Å²) in [4.78, 5) is 0. The smallest absolute Gasteiger partial charge is 0.0431 e. The second kappa shape index (κ2) is 3.87. The van der Waals surface area contributed by atoms with Crippen LogP contribution in [0.15, 0.2) is 21.7 Å². The fourth-order valence-corrected chi connectivity index (χ4v) is 6.29. The quantitative estimate of drug-likeness (QED) is 0.729. The molecule has 1 rings (SSSR count). The highest BCUT2D eigenvalue weighted by molar-refractivity contribution is 8.39. The largest absolute Gasteiger partial charge is 0.202 e. The molecule has 0 aliphatic heterocycles. The lowest BCUT2D eigenvalue weighted by atomic mass is 10.7. The van der Waals surface area contributed by atoms with Gasteiger partial charge in [0.2, 0.25) is 0 Å². The summed E-state index contributed by atoms with van der Waals surface area (Å²) in [5.74, 6) is 0. The lowest BCUT2D eigenvalue weighted by Gasteiger charge is -2.28. The molecule has 0 amide bonds. The van der Waals surface area contributed by atoms with Crippen LogP contribution < -0.4 is 0 Å². The SMILES string of the molecule is CSCS(C)(C)c1cccs1. The lowest BCUT2D eigenvalue weighted by molar-refractivity contribution is 1.67. The first-order chi connectivity index (χ1) is 5.17. The molecule has 64 valence electrons. The molecule has 0 aromatic carbocycles. The van der Waals surface area contributed by atoms with E-state index in [4.69, 9.17) is 0 Å². The minimum absolute atomic E-state index is 0.486. The monoisotopic (exact) mass is 206 g/mol. The number of rotatable bonds is 3. The van der Waals surface area contributed by atoms with Crippen molar-refractivity contribution in [2.24, 2.45) is 0 Å². The molecule has 3 heteroatoms. The normalized spacial score (nSPS) is 13.4. The van der Waals surface area contributed by atoms with Gasteiger partial charge in [0.25, 0.3) is 0 Å². The highest BCUT2D eigenvalue weighted by Gasteiger charge is 2.14. The van der Waals surface area contributed by atoms with Gasteiger partial charge in [0.05, 0.1) is 0 Å². The van der Waals surface area contributed by atoms with Gasteiger partial charge in [-0.1, -0.05) is 6.07 Å². The van der Waals surface area contributed by atoms with Gasteiger partial charge in [0, 0.05) is 9.29 Å². The standard InChI is InChI=1S/C8H14S3/c1-9-7-11(2,3)8-5-4-6-10-8/h4-6H,7H2,1-3H3. The predicted molar refractivity (Wildman–Crippen MR) is 60.4 cm³/mol. The topological polar surface area (TPSA) is 0 Å². The van der Waals surface area contributed by atoms with Crippen LogP contribution in [-0.2, 0) is 0 Å². The first-order valence-electron chi connectivity index (χ1n) is 3.40. The zero-order chi connectivity index (χ0) is 8.32. The molecule has 0 aliphatic carbocycles. The third-order valence-electron chi connectivity index (χ3n) is 1.45. The molecule has 11 heavy (non-hydrogen) atoms. The highest BCUT2D eigenvalue weighted by atomic mass is 32.3. The van der Waals surface area contributed by atoms with Gasteiger partial charge >= 0.3 is 0 Å². The molecule has 0 aliphatic rings. The molecule has 0 radical (unpaired) electrons. The Kier molecular flexibility index (Phi) is 3.34. The zero-order valence-corrected chi connectivity index (χ0v) is 9.61. The van der Waals surface area contributed by atoms with E-state index in [9.17, 15) is 0 Å². The van der Waals surface area contributed by atoms with Crippen molar-refractivity contribution in [3.05, 3.63) is 17.5 Å². The van der Waals surface area contributed by atoms with E-state index in [1.54, 1.807) is 4.21 Å². The average Bonchev–Trinajstić information content (AvgIpc) is 2.37. The molecule has 0 saturated heterocycles. The van der Waals surface area contributed by atoms with Gasteiger partial charge < -0.3 is 0 Å². The van der Waals surface area contributed by atoms with Crippen molar-refractivity contribution in [2.75, 3.05) is 23.9 Å². The lowest BCUT2D eigenvalue weighted by Crippen LogP contribution is -1.95. The Morgan fingerprint density at radius 3 is 2.73 bits per heavy atom. The molecule has 0 bridgehead atoms. The number of hydrogen-bond donors (Lipinski definition) is 0. The first-order valence-corrected chi connectivity index (χ1v) is 8.29. The fourth-order valence-electron chi connectivity index (χ4n) is 0.931. The summed E-state index contributed by atoms with van der Waals surface area (Å²) in [6.07, 6.45) is 6.95. The van der Waals surface area contributed by atoms with Crippen LogP contribution in [0, 0.1) is 0 Å². The first kappa shape index (κ1) is 9.49. The summed E-state index contributed by atoms with van der Waals surface area (Å²) in [5.41, 5.74) is 0. The molecule has 1 heterocycles. The zero-order valence-electron chi connectivity index (χ0n) is 7.16. The Morgan fingerprint density at radius 2 is 2.27 bits per heavy atom. The van der Waals surface area contributed by atoms with Crippen molar-refractivity contribution < 1.29 is 0 Å². The maximum atomic E-state index is 2.38. The molecular weight excluding hydrogens is 192 g/mol. The van der Waals surface area contributed by atoms with Crippen LogP contribution in [0.3, 0.4) is 0 Å². The van der Waals surface area contributed by atoms with Crippen molar-refractivity contribution in [2.45, 2.75) is 4.21 Å². The maximum absolute atomic E-state index is 2.38. The van der Waals surface area contributed by atoms with Crippen LogP contribution >= 0.6 is 33.1 Å². The number of thioether (sulfide) groups is 1. The van der Waals surface area contributed by atoms with E-state index in [1.807, 2.05) is 23.1 Å². The molecule has 0 unspecified atom stereocenters. The van der Waals surface area contributed by atoms with Crippen LogP contribution in [-0.4, -0.2) is 23.9 Å². The molecule has 0 atom stereocenters. The van der Waals surface area contributed by atoms with Crippen LogP contribution in [0.1, 0.15) is 0 Å². The van der Waals surface area contributed by atoms with Gasteiger partial charge in [-0.25, -0.2) is 10.0 Å². The van der Waals surface area contributed by atoms with E-state index in [0.717, 1.165) is 0 Å². The van der Waals surface area contributed by atoms with Gasteiger partial charge in [0.15, 0.2) is 0 Å². The molecule has 1 aromatic rings. The van der Waals surface area contributed by atoms with Crippen LogP contribution in [0.25, 0.3) is 0 Å². The Balaban J connectivity index is 2.73. The van der Waals surface area contributed by atoms with Gasteiger partial charge in [-0.3, -0.25) is 0 Å². The molecular formula is C8H14S3. The van der Waals surface area contributed by atoms with Crippen molar-refractivity contribution in [3.63, 3.8) is 0 Å². The van der Waals surface area contributed by atoms with Gasteiger partial charge in [0.1, 0.15) is 0 Å². The molecule has 0 saturated carbocycles. The summed E-state index contributed by atoms with van der Waals surface area (Å²) in [7, 11) is -0.486. The van der Waals surface area contributed by atoms with Gasteiger partial charge in [-0.2, -0.15) is 11.8 Å². The molecule has 0 fully saturated rings. The van der Waals surface area contributed by atoms with Crippen molar-refractivity contribution in [3.8, 4) is 0 Å². The Morgan fingerprint density at radius 1 is 1.55 bits per heavy atom. The highest BCUT2D eigenvalue weighted by Crippen LogP contribution is 2.53. The molecule has 0 N–H and O–H groups in total. The van der Waals surface area contributed by atoms with Crippen molar-refractivity contribution >= 4 is 33.1 Å². The summed E-state index contributed by atoms with van der Waals surface area (Å²) < 4.78 is 1.58. The number of thiophene rings is 1. The van der Waals surface area contributed by atoms with Crippen molar-refractivity contribution in [1.29, 1.82) is 0 Å². The van der Waals surface area contributed by atoms with Crippen molar-refractivity contribution in [1.82, 2.24) is 0 Å². The average molecular weight is 206 g/mol. The second-order valence-corrected chi connectivity index (χ2v) is 9.12. The van der Waals surface area contributed by atoms with E-state index in [-0.39, 0.29) is 0 Å². The van der Waals surface area contributed by atoms with E-state index in [2.05, 4.69) is 36.3 Å². The second-order valence-electron chi connectivity index (χ2n) is 2.88. The molecule has 0 nitrogen and oxygen atoms in total.